The van der Waals surface area contributed by atoms with E-state index >= 15 is 0 Å². The summed E-state index contributed by atoms with van der Waals surface area (Å²) >= 11 is 0. The first-order valence-electron chi connectivity index (χ1n) is 7.24. The Morgan fingerprint density at radius 1 is 1.05 bits per heavy atom. The monoisotopic (exact) mass is 314 g/mol. The molecule has 0 radical (unpaired) electrons. The molecule has 122 valence electrons. The molecule has 0 amide bonds. The molecule has 0 aliphatic heterocycles. The predicted octanol–water partition coefficient (Wildman–Crippen LogP) is 0.116. The van der Waals surface area contributed by atoms with Crippen molar-refractivity contribution < 1.29 is 22.3 Å². The van der Waals surface area contributed by atoms with E-state index < -0.39 is 6.10 Å². The first kappa shape index (κ1) is 20.2. The largest absolute Gasteiger partial charge is 1.00 e. The summed E-state index contributed by atoms with van der Waals surface area (Å²) in [5, 5.41) is 13.1. The summed E-state index contributed by atoms with van der Waals surface area (Å²) < 4.78 is 5.61. The fourth-order valence-corrected chi connectivity index (χ4v) is 1.73. The van der Waals surface area contributed by atoms with E-state index in [9.17, 15) is 5.11 Å². The van der Waals surface area contributed by atoms with Crippen molar-refractivity contribution in [3.8, 4) is 5.75 Å². The molecule has 0 spiro atoms. The topological polar surface area (TPSA) is 41.5 Å². The van der Waals surface area contributed by atoms with Crippen molar-refractivity contribution in [1.82, 2.24) is 5.32 Å². The molecule has 21 heavy (non-hydrogen) atoms. The number of rotatable bonds is 5. The molecular weight excluding hydrogens is 286 g/mol. The molecule has 0 aliphatic rings. The van der Waals surface area contributed by atoms with E-state index in [1.165, 1.54) is 5.56 Å². The molecular formula is C17H29ClNO2-. The smallest absolute Gasteiger partial charge is 0.119 e. The fourth-order valence-electron chi connectivity index (χ4n) is 1.73. The third-order valence-corrected chi connectivity index (χ3v) is 3.03. The maximum atomic E-state index is 9.87. The lowest BCUT2D eigenvalue weighted by atomic mass is 9.87. The lowest BCUT2D eigenvalue weighted by Gasteiger charge is -2.23. The van der Waals surface area contributed by atoms with Crippen molar-refractivity contribution in [2.24, 2.45) is 0 Å². The molecule has 2 N–H and O–H groups in total. The van der Waals surface area contributed by atoms with Crippen LogP contribution in [0.2, 0.25) is 0 Å². The van der Waals surface area contributed by atoms with Gasteiger partial charge in [0.05, 0.1) is 0 Å². The first-order valence-corrected chi connectivity index (χ1v) is 7.24. The van der Waals surface area contributed by atoms with Gasteiger partial charge in [-0.1, -0.05) is 32.9 Å². The Labute approximate surface area is 135 Å². The van der Waals surface area contributed by atoms with Crippen molar-refractivity contribution in [2.45, 2.75) is 58.6 Å². The highest BCUT2D eigenvalue weighted by atomic mass is 35.5. The highest BCUT2D eigenvalue weighted by Gasteiger charge is 2.14. The number of β-amino-alcohol motifs (C(OH)–C–C–N with tert-alkyl or cyclic N) is 1. The molecule has 0 bridgehead atoms. The SMILES string of the molecule is CC(C)(C)NCC(O)COc1ccc(C(C)(C)C)cc1.[Cl-]. The van der Waals surface area contributed by atoms with Crippen LogP contribution < -0.4 is 22.5 Å². The van der Waals surface area contributed by atoms with E-state index in [0.29, 0.717) is 13.2 Å². The summed E-state index contributed by atoms with van der Waals surface area (Å²) in [5.74, 6) is 0.799. The van der Waals surface area contributed by atoms with Gasteiger partial charge in [-0.15, -0.1) is 0 Å². The van der Waals surface area contributed by atoms with Crippen LogP contribution in [0.3, 0.4) is 0 Å². The highest BCUT2D eigenvalue weighted by molar-refractivity contribution is 5.31. The number of hydrogen-bond acceptors (Lipinski definition) is 3. The molecule has 0 aliphatic carbocycles. The van der Waals surface area contributed by atoms with Gasteiger partial charge in [-0.25, -0.2) is 0 Å². The van der Waals surface area contributed by atoms with Crippen LogP contribution >= 0.6 is 0 Å². The van der Waals surface area contributed by atoms with E-state index in [1.807, 2.05) is 12.1 Å². The number of halogens is 1. The van der Waals surface area contributed by atoms with Crippen molar-refractivity contribution in [3.63, 3.8) is 0 Å². The number of aliphatic hydroxyl groups is 1. The van der Waals surface area contributed by atoms with Crippen LogP contribution in [0.15, 0.2) is 24.3 Å². The third kappa shape index (κ3) is 8.30. The molecule has 1 aromatic rings. The Balaban J connectivity index is 0.00000400. The Hall–Kier alpha value is -0.770. The van der Waals surface area contributed by atoms with Gasteiger partial charge in [-0.05, 0) is 43.9 Å². The van der Waals surface area contributed by atoms with Gasteiger partial charge in [0, 0.05) is 12.1 Å². The van der Waals surface area contributed by atoms with Crippen molar-refractivity contribution in [2.75, 3.05) is 13.2 Å². The molecule has 1 unspecified atom stereocenters. The normalized spacial score (nSPS) is 13.5. The average Bonchev–Trinajstić information content (AvgIpc) is 2.32. The minimum atomic E-state index is -0.503. The van der Waals surface area contributed by atoms with Gasteiger partial charge in [0.25, 0.3) is 0 Å². The molecule has 0 saturated heterocycles. The standard InChI is InChI=1S/C17H29NO2.ClH/c1-16(2,3)13-7-9-15(10-8-13)20-12-14(19)11-18-17(4,5)6;/h7-10,14,18-19H,11-12H2,1-6H3;1H/p-1. The van der Waals surface area contributed by atoms with Crippen molar-refractivity contribution >= 4 is 0 Å². The summed E-state index contributed by atoms with van der Waals surface area (Å²) in [4.78, 5) is 0. The molecule has 0 heterocycles. The molecule has 4 heteroatoms. The van der Waals surface area contributed by atoms with Crippen LogP contribution in [0.5, 0.6) is 5.75 Å². The van der Waals surface area contributed by atoms with Crippen molar-refractivity contribution in [1.29, 1.82) is 0 Å². The van der Waals surface area contributed by atoms with Gasteiger partial charge >= 0.3 is 0 Å². The van der Waals surface area contributed by atoms with Crippen LogP contribution in [0.1, 0.15) is 47.1 Å². The second-order valence-electron chi connectivity index (χ2n) is 7.37. The van der Waals surface area contributed by atoms with E-state index in [1.54, 1.807) is 0 Å². The highest BCUT2D eigenvalue weighted by Crippen LogP contribution is 2.24. The second-order valence-corrected chi connectivity index (χ2v) is 7.37. The summed E-state index contributed by atoms with van der Waals surface area (Å²) in [6.45, 7) is 13.6. The van der Waals surface area contributed by atoms with Crippen LogP contribution in [0.25, 0.3) is 0 Å². The maximum Gasteiger partial charge on any atom is 0.119 e. The van der Waals surface area contributed by atoms with Crippen LogP contribution in [0, 0.1) is 0 Å². The van der Waals surface area contributed by atoms with E-state index in [-0.39, 0.29) is 23.4 Å². The van der Waals surface area contributed by atoms with E-state index in [4.69, 9.17) is 4.74 Å². The first-order chi connectivity index (χ1) is 9.08. The van der Waals surface area contributed by atoms with Crippen LogP contribution in [-0.2, 0) is 5.41 Å². The van der Waals surface area contributed by atoms with E-state index in [2.05, 4.69) is 59.0 Å². The summed E-state index contributed by atoms with van der Waals surface area (Å²) in [5.41, 5.74) is 1.43. The van der Waals surface area contributed by atoms with Crippen molar-refractivity contribution in [3.05, 3.63) is 29.8 Å². The predicted molar refractivity (Wildman–Crippen MR) is 84.4 cm³/mol. The zero-order chi connectivity index (χ0) is 15.4. The van der Waals surface area contributed by atoms with Gasteiger partial charge < -0.3 is 27.6 Å². The molecule has 3 nitrogen and oxygen atoms in total. The molecule has 1 atom stereocenters. The van der Waals surface area contributed by atoms with Gasteiger partial charge in [-0.2, -0.15) is 0 Å². The number of aliphatic hydroxyl groups excluding tert-OH is 1. The Morgan fingerprint density at radius 3 is 2.00 bits per heavy atom. The molecule has 0 saturated carbocycles. The average molecular weight is 315 g/mol. The zero-order valence-electron chi connectivity index (χ0n) is 14.0. The molecule has 0 fully saturated rings. The minimum Gasteiger partial charge on any atom is -1.00 e. The molecule has 1 rings (SSSR count). The lowest BCUT2D eigenvalue weighted by molar-refractivity contribution is -0.00000690. The zero-order valence-corrected chi connectivity index (χ0v) is 14.8. The van der Waals surface area contributed by atoms with Crippen LogP contribution in [-0.4, -0.2) is 29.9 Å². The number of nitrogens with one attached hydrogen (secondary N) is 1. The Morgan fingerprint density at radius 2 is 1.57 bits per heavy atom. The number of hydrogen-bond donors (Lipinski definition) is 2. The second kappa shape index (κ2) is 8.02. The summed E-state index contributed by atoms with van der Waals surface area (Å²) in [7, 11) is 0. The van der Waals surface area contributed by atoms with Gasteiger partial charge in [0.1, 0.15) is 18.5 Å². The van der Waals surface area contributed by atoms with Crippen LogP contribution in [0.4, 0.5) is 0 Å². The van der Waals surface area contributed by atoms with E-state index in [0.717, 1.165) is 5.75 Å². The number of ether oxygens (including phenoxy) is 1. The quantitative estimate of drug-likeness (QED) is 0.811. The summed E-state index contributed by atoms with van der Waals surface area (Å²) in [6.07, 6.45) is -0.503. The molecule has 1 aromatic carbocycles. The fraction of sp³-hybridized carbons (Fsp3) is 0.647. The minimum absolute atomic E-state index is 0. The van der Waals surface area contributed by atoms with Gasteiger partial charge in [0.2, 0.25) is 0 Å². The van der Waals surface area contributed by atoms with Gasteiger partial charge in [-0.3, -0.25) is 0 Å². The Kier molecular flexibility index (Phi) is 7.73. The lowest BCUT2D eigenvalue weighted by Crippen LogP contribution is -3.00. The maximum absolute atomic E-state index is 9.87. The number of benzene rings is 1. The van der Waals surface area contributed by atoms with Gasteiger partial charge in [0.15, 0.2) is 0 Å². The summed E-state index contributed by atoms with van der Waals surface area (Å²) in [6, 6.07) is 8.08. The third-order valence-electron chi connectivity index (χ3n) is 3.03. The molecule has 0 aromatic heterocycles. The Bertz CT molecular complexity index is 404.